The molecule has 3 aromatic heterocycles. The first-order valence-electron chi connectivity index (χ1n) is 9.18. The maximum atomic E-state index is 12.9. The van der Waals surface area contributed by atoms with Crippen LogP contribution in [0.5, 0.6) is 0 Å². The fraction of sp³-hybridized carbons (Fsp3) is 0.474. The van der Waals surface area contributed by atoms with E-state index in [0.717, 1.165) is 41.0 Å². The molecule has 0 saturated heterocycles. The number of amides is 1. The van der Waals surface area contributed by atoms with Crippen molar-refractivity contribution in [2.45, 2.75) is 52.5 Å². The molecule has 7 heteroatoms. The molecule has 0 radical (unpaired) electrons. The summed E-state index contributed by atoms with van der Waals surface area (Å²) >= 11 is 0. The van der Waals surface area contributed by atoms with E-state index in [1.807, 2.05) is 27.0 Å². The van der Waals surface area contributed by atoms with E-state index in [2.05, 4.69) is 25.6 Å². The number of carbonyl (C=O) groups is 1. The van der Waals surface area contributed by atoms with Crippen molar-refractivity contribution in [3.05, 3.63) is 40.0 Å². The van der Waals surface area contributed by atoms with Gasteiger partial charge in [-0.3, -0.25) is 14.6 Å². The third-order valence-corrected chi connectivity index (χ3v) is 5.15. The Labute approximate surface area is 152 Å². The number of aromatic amines is 1. The summed E-state index contributed by atoms with van der Waals surface area (Å²) in [5.74, 6) is -0.109. The van der Waals surface area contributed by atoms with Gasteiger partial charge in [0, 0.05) is 18.4 Å². The van der Waals surface area contributed by atoms with Gasteiger partial charge in [0.15, 0.2) is 5.65 Å². The van der Waals surface area contributed by atoms with Crippen molar-refractivity contribution < 1.29 is 4.79 Å². The number of carbonyl (C=O) groups excluding carboxylic acids is 1. The highest BCUT2D eigenvalue weighted by Crippen LogP contribution is 2.23. The number of aryl methyl sites for hydroxylation is 4. The Kier molecular flexibility index (Phi) is 4.22. The molecule has 4 rings (SSSR count). The lowest BCUT2D eigenvalue weighted by atomic mass is 10.1. The van der Waals surface area contributed by atoms with E-state index in [9.17, 15) is 4.79 Å². The van der Waals surface area contributed by atoms with Gasteiger partial charge in [0.1, 0.15) is 0 Å². The largest absolute Gasteiger partial charge is 0.346 e. The molecule has 0 aromatic carbocycles. The quantitative estimate of drug-likeness (QED) is 0.709. The van der Waals surface area contributed by atoms with E-state index in [4.69, 9.17) is 0 Å². The summed E-state index contributed by atoms with van der Waals surface area (Å²) in [6, 6.07) is 1.83. The fourth-order valence-electron chi connectivity index (χ4n) is 3.88. The van der Waals surface area contributed by atoms with Gasteiger partial charge in [0.05, 0.1) is 28.9 Å². The highest BCUT2D eigenvalue weighted by atomic mass is 16.1. The van der Waals surface area contributed by atoms with Crippen molar-refractivity contribution in [3.8, 4) is 0 Å². The predicted octanol–water partition coefficient (Wildman–Crippen LogP) is 2.51. The van der Waals surface area contributed by atoms with Crippen LogP contribution in [0.1, 0.15) is 58.0 Å². The smallest absolute Gasteiger partial charge is 0.252 e. The van der Waals surface area contributed by atoms with Gasteiger partial charge >= 0.3 is 0 Å². The van der Waals surface area contributed by atoms with Gasteiger partial charge in [0.25, 0.3) is 5.91 Å². The molecule has 3 aromatic rings. The summed E-state index contributed by atoms with van der Waals surface area (Å²) in [5, 5.41) is 15.9. The number of nitrogens with zero attached hydrogens (tertiary/aromatic N) is 4. The molecule has 0 saturated carbocycles. The van der Waals surface area contributed by atoms with E-state index >= 15 is 0 Å². The topological polar surface area (TPSA) is 88.5 Å². The zero-order valence-electron chi connectivity index (χ0n) is 15.5. The van der Waals surface area contributed by atoms with Crippen LogP contribution in [-0.2, 0) is 26.4 Å². The molecule has 0 atom stereocenters. The molecule has 0 spiro atoms. The minimum Gasteiger partial charge on any atom is -0.346 e. The van der Waals surface area contributed by atoms with Gasteiger partial charge in [-0.15, -0.1) is 0 Å². The molecule has 0 fully saturated rings. The first-order chi connectivity index (χ1) is 12.5. The number of hydrogen-bond donors (Lipinski definition) is 2. The number of pyridine rings is 1. The van der Waals surface area contributed by atoms with Crippen LogP contribution in [0.15, 0.2) is 6.07 Å². The Morgan fingerprint density at radius 2 is 2.08 bits per heavy atom. The van der Waals surface area contributed by atoms with Crippen LogP contribution in [0.2, 0.25) is 0 Å². The lowest BCUT2D eigenvalue weighted by Crippen LogP contribution is -2.24. The summed E-state index contributed by atoms with van der Waals surface area (Å²) in [5.41, 5.74) is 6.46. The Bertz CT molecular complexity index is 984. The molecule has 1 amide bonds. The van der Waals surface area contributed by atoms with Gasteiger partial charge < -0.3 is 5.32 Å². The van der Waals surface area contributed by atoms with Crippen LogP contribution in [0.25, 0.3) is 11.0 Å². The van der Waals surface area contributed by atoms with Crippen LogP contribution in [-0.4, -0.2) is 30.9 Å². The molecule has 1 aliphatic carbocycles. The molecule has 0 bridgehead atoms. The third-order valence-electron chi connectivity index (χ3n) is 5.15. The summed E-state index contributed by atoms with van der Waals surface area (Å²) in [4.78, 5) is 17.4. The van der Waals surface area contributed by atoms with E-state index in [-0.39, 0.29) is 5.91 Å². The van der Waals surface area contributed by atoms with Crippen LogP contribution < -0.4 is 5.32 Å². The Morgan fingerprint density at radius 3 is 2.92 bits per heavy atom. The SMILES string of the molecule is Cc1cc(C(=O)NCc2n[nH]c3c2CCCCC3)c2c(C)nn(C)c2n1. The van der Waals surface area contributed by atoms with Crippen molar-refractivity contribution >= 4 is 16.9 Å². The number of fused-ring (bicyclic) bond motifs is 2. The Balaban J connectivity index is 1.60. The summed E-state index contributed by atoms with van der Waals surface area (Å²) < 4.78 is 1.72. The van der Waals surface area contributed by atoms with Crippen LogP contribution in [0.4, 0.5) is 0 Å². The van der Waals surface area contributed by atoms with Crippen LogP contribution >= 0.6 is 0 Å². The third kappa shape index (κ3) is 2.87. The lowest BCUT2D eigenvalue weighted by molar-refractivity contribution is 0.0952. The second-order valence-electron chi connectivity index (χ2n) is 7.09. The zero-order chi connectivity index (χ0) is 18.3. The monoisotopic (exact) mass is 352 g/mol. The average molecular weight is 352 g/mol. The van der Waals surface area contributed by atoms with Gasteiger partial charge in [-0.25, -0.2) is 4.98 Å². The van der Waals surface area contributed by atoms with Crippen LogP contribution in [0, 0.1) is 13.8 Å². The fourth-order valence-corrected chi connectivity index (χ4v) is 3.88. The first kappa shape index (κ1) is 16.8. The minimum atomic E-state index is -0.109. The minimum absolute atomic E-state index is 0.109. The molecular weight excluding hydrogens is 328 g/mol. The lowest BCUT2D eigenvalue weighted by Gasteiger charge is -2.08. The van der Waals surface area contributed by atoms with E-state index < -0.39 is 0 Å². The van der Waals surface area contributed by atoms with Gasteiger partial charge in [-0.1, -0.05) is 6.42 Å². The van der Waals surface area contributed by atoms with Gasteiger partial charge in [-0.2, -0.15) is 10.2 Å². The molecule has 1 aliphatic rings. The number of H-pyrrole nitrogens is 1. The second kappa shape index (κ2) is 6.55. The van der Waals surface area contributed by atoms with Crippen molar-refractivity contribution in [1.29, 1.82) is 0 Å². The molecule has 0 unspecified atom stereocenters. The molecule has 0 aliphatic heterocycles. The highest BCUT2D eigenvalue weighted by molar-refractivity contribution is 6.06. The molecule has 3 heterocycles. The molecule has 7 nitrogen and oxygen atoms in total. The number of rotatable bonds is 3. The van der Waals surface area contributed by atoms with Crippen molar-refractivity contribution in [2.24, 2.45) is 7.05 Å². The summed E-state index contributed by atoms with van der Waals surface area (Å²) in [6.45, 7) is 4.24. The summed E-state index contributed by atoms with van der Waals surface area (Å²) in [6.07, 6.45) is 5.73. The maximum absolute atomic E-state index is 12.9. The number of aromatic nitrogens is 5. The van der Waals surface area contributed by atoms with E-state index in [0.29, 0.717) is 12.1 Å². The standard InChI is InChI=1S/C19H24N6O/c1-11-9-14(17-12(2)24-25(3)18(17)21-11)19(26)20-10-16-13-7-5-4-6-8-15(13)22-23-16/h9H,4-8,10H2,1-3H3,(H,20,26)(H,22,23). The number of hydrogen-bond acceptors (Lipinski definition) is 4. The first-order valence-corrected chi connectivity index (χ1v) is 9.18. The van der Waals surface area contributed by atoms with E-state index in [1.54, 1.807) is 4.68 Å². The molecule has 26 heavy (non-hydrogen) atoms. The Hall–Kier alpha value is -2.70. The average Bonchev–Trinajstić information content (AvgIpc) is 3.02. The van der Waals surface area contributed by atoms with Crippen molar-refractivity contribution in [1.82, 2.24) is 30.3 Å². The molecular formula is C19H24N6O. The maximum Gasteiger partial charge on any atom is 0.252 e. The normalized spacial score (nSPS) is 14.3. The van der Waals surface area contributed by atoms with Gasteiger partial charge in [-0.05, 0) is 51.2 Å². The summed E-state index contributed by atoms with van der Waals surface area (Å²) in [7, 11) is 1.85. The Morgan fingerprint density at radius 1 is 1.27 bits per heavy atom. The second-order valence-corrected chi connectivity index (χ2v) is 7.09. The van der Waals surface area contributed by atoms with Crippen molar-refractivity contribution in [2.75, 3.05) is 0 Å². The van der Waals surface area contributed by atoms with E-state index in [1.165, 1.54) is 30.5 Å². The molecule has 136 valence electrons. The van der Waals surface area contributed by atoms with Crippen LogP contribution in [0.3, 0.4) is 0 Å². The highest BCUT2D eigenvalue weighted by Gasteiger charge is 2.20. The predicted molar refractivity (Wildman–Crippen MR) is 99.0 cm³/mol. The molecule has 2 N–H and O–H groups in total. The van der Waals surface area contributed by atoms with Gasteiger partial charge in [0.2, 0.25) is 0 Å². The zero-order valence-corrected chi connectivity index (χ0v) is 15.5. The van der Waals surface area contributed by atoms with Crippen molar-refractivity contribution in [3.63, 3.8) is 0 Å². The number of nitrogens with one attached hydrogen (secondary N) is 2.